The largest absolute Gasteiger partial charge is 0.364 e. The predicted octanol–water partition coefficient (Wildman–Crippen LogP) is 1.55. The molecule has 7 heteroatoms. The summed E-state index contributed by atoms with van der Waals surface area (Å²) in [5, 5.41) is 18.1. The normalized spacial score (nSPS) is 13.4. The first kappa shape index (κ1) is 13.7. The Morgan fingerprint density at radius 3 is 2.79 bits per heavy atom. The monoisotopic (exact) mass is 264 g/mol. The van der Waals surface area contributed by atoms with E-state index in [0.717, 1.165) is 30.2 Å². The first-order valence-electron chi connectivity index (χ1n) is 6.43. The van der Waals surface area contributed by atoms with Crippen molar-refractivity contribution in [3.8, 4) is 0 Å². The zero-order chi connectivity index (χ0) is 13.8. The average Bonchev–Trinajstić information content (AvgIpc) is 2.98. The van der Waals surface area contributed by atoms with Crippen molar-refractivity contribution in [1.82, 2.24) is 30.7 Å². The maximum atomic E-state index is 5.07. The summed E-state index contributed by atoms with van der Waals surface area (Å²) < 4.78 is 5.07. The van der Waals surface area contributed by atoms with Gasteiger partial charge in [0.1, 0.15) is 6.26 Å². The molecule has 7 nitrogen and oxygen atoms in total. The van der Waals surface area contributed by atoms with Gasteiger partial charge in [-0.25, -0.2) is 0 Å². The Morgan fingerprint density at radius 1 is 1.37 bits per heavy atom. The molecule has 1 atom stereocenters. The van der Waals surface area contributed by atoms with Gasteiger partial charge in [-0.1, -0.05) is 31.1 Å². The fourth-order valence-corrected chi connectivity index (χ4v) is 2.14. The van der Waals surface area contributed by atoms with Crippen LogP contribution in [0, 0.1) is 0 Å². The zero-order valence-corrected chi connectivity index (χ0v) is 11.8. The Kier molecular flexibility index (Phi) is 4.26. The predicted molar refractivity (Wildman–Crippen MR) is 69.5 cm³/mol. The maximum absolute atomic E-state index is 5.07. The van der Waals surface area contributed by atoms with Gasteiger partial charge in [-0.15, -0.1) is 10.2 Å². The minimum absolute atomic E-state index is 0.228. The van der Waals surface area contributed by atoms with Crippen LogP contribution in [0.1, 0.15) is 49.7 Å². The van der Waals surface area contributed by atoms with E-state index in [0.29, 0.717) is 5.92 Å². The molecule has 0 saturated carbocycles. The maximum Gasteiger partial charge on any atom is 0.178 e. The van der Waals surface area contributed by atoms with Crippen molar-refractivity contribution in [3.05, 3.63) is 23.3 Å². The SMILES string of the molecule is CC(C)c1nocc1CN(C)CC(C)c1nn[nH]n1. The van der Waals surface area contributed by atoms with Crippen molar-refractivity contribution in [3.63, 3.8) is 0 Å². The summed E-state index contributed by atoms with van der Waals surface area (Å²) in [5.41, 5.74) is 2.16. The van der Waals surface area contributed by atoms with E-state index >= 15 is 0 Å². The lowest BCUT2D eigenvalue weighted by Gasteiger charge is -2.19. The quantitative estimate of drug-likeness (QED) is 0.852. The standard InChI is InChI=1S/C12H20N6O/c1-8(2)11-10(7-19-15-11)6-18(4)5-9(3)12-13-16-17-14-12/h7-9H,5-6H2,1-4H3,(H,13,14,16,17). The molecule has 0 aliphatic rings. The molecule has 0 saturated heterocycles. The summed E-state index contributed by atoms with van der Waals surface area (Å²) in [6, 6.07) is 0. The Hall–Kier alpha value is -1.76. The second-order valence-corrected chi connectivity index (χ2v) is 5.25. The molecule has 2 aromatic heterocycles. The highest BCUT2D eigenvalue weighted by atomic mass is 16.5. The molecule has 2 rings (SSSR count). The van der Waals surface area contributed by atoms with E-state index in [2.05, 4.69) is 58.5 Å². The molecular weight excluding hydrogens is 244 g/mol. The Balaban J connectivity index is 1.94. The van der Waals surface area contributed by atoms with Crippen LogP contribution in [0.15, 0.2) is 10.8 Å². The lowest BCUT2D eigenvalue weighted by Crippen LogP contribution is -2.24. The van der Waals surface area contributed by atoms with Crippen LogP contribution in [0.3, 0.4) is 0 Å². The van der Waals surface area contributed by atoms with E-state index < -0.39 is 0 Å². The van der Waals surface area contributed by atoms with Gasteiger partial charge in [-0.2, -0.15) is 5.21 Å². The molecule has 0 radical (unpaired) electrons. The lowest BCUT2D eigenvalue weighted by molar-refractivity contribution is 0.303. The highest BCUT2D eigenvalue weighted by Crippen LogP contribution is 2.19. The van der Waals surface area contributed by atoms with Crippen LogP contribution in [-0.4, -0.2) is 44.3 Å². The fourth-order valence-electron chi connectivity index (χ4n) is 2.14. The van der Waals surface area contributed by atoms with E-state index in [1.165, 1.54) is 0 Å². The number of likely N-dealkylation sites (N-methyl/N-ethyl adjacent to an activating group) is 1. The van der Waals surface area contributed by atoms with Gasteiger partial charge in [0.15, 0.2) is 5.82 Å². The number of aromatic amines is 1. The average molecular weight is 264 g/mol. The summed E-state index contributed by atoms with van der Waals surface area (Å²) in [6.45, 7) is 7.96. The summed E-state index contributed by atoms with van der Waals surface area (Å²) in [5.74, 6) is 1.34. The number of hydrogen-bond donors (Lipinski definition) is 1. The molecule has 0 amide bonds. The van der Waals surface area contributed by atoms with Gasteiger partial charge < -0.3 is 9.42 Å². The minimum atomic E-state index is 0.228. The molecule has 1 N–H and O–H groups in total. The second-order valence-electron chi connectivity index (χ2n) is 5.25. The first-order valence-corrected chi connectivity index (χ1v) is 6.43. The number of hydrogen-bond acceptors (Lipinski definition) is 6. The molecule has 2 heterocycles. The third kappa shape index (κ3) is 3.37. The summed E-state index contributed by atoms with van der Waals surface area (Å²) >= 11 is 0. The second kappa shape index (κ2) is 5.92. The highest BCUT2D eigenvalue weighted by molar-refractivity contribution is 5.17. The van der Waals surface area contributed by atoms with Gasteiger partial charge in [0.25, 0.3) is 0 Å². The van der Waals surface area contributed by atoms with E-state index in [1.54, 1.807) is 6.26 Å². The van der Waals surface area contributed by atoms with Crippen LogP contribution in [0.5, 0.6) is 0 Å². The fraction of sp³-hybridized carbons (Fsp3) is 0.667. The molecule has 0 fully saturated rings. The van der Waals surface area contributed by atoms with Crippen LogP contribution in [0.2, 0.25) is 0 Å². The van der Waals surface area contributed by atoms with Crippen LogP contribution in [0.25, 0.3) is 0 Å². The summed E-state index contributed by atoms with van der Waals surface area (Å²) in [4.78, 5) is 2.21. The number of tetrazole rings is 1. The Morgan fingerprint density at radius 2 is 2.16 bits per heavy atom. The molecule has 0 aromatic carbocycles. The molecule has 0 spiro atoms. The van der Waals surface area contributed by atoms with Crippen LogP contribution < -0.4 is 0 Å². The topological polar surface area (TPSA) is 83.7 Å². The summed E-state index contributed by atoms with van der Waals surface area (Å²) in [7, 11) is 2.06. The van der Waals surface area contributed by atoms with Crippen LogP contribution in [0.4, 0.5) is 0 Å². The first-order chi connectivity index (χ1) is 9.08. The zero-order valence-electron chi connectivity index (χ0n) is 11.8. The third-order valence-corrected chi connectivity index (χ3v) is 3.05. The number of H-pyrrole nitrogens is 1. The van der Waals surface area contributed by atoms with Gasteiger partial charge in [-0.05, 0) is 13.0 Å². The van der Waals surface area contributed by atoms with E-state index in [1.807, 2.05) is 0 Å². The number of nitrogens with one attached hydrogen (secondary N) is 1. The van der Waals surface area contributed by atoms with Crippen molar-refractivity contribution in [2.24, 2.45) is 0 Å². The van der Waals surface area contributed by atoms with Crippen LogP contribution >= 0.6 is 0 Å². The van der Waals surface area contributed by atoms with Gasteiger partial charge in [0.05, 0.1) is 5.69 Å². The molecule has 0 aliphatic carbocycles. The molecule has 104 valence electrons. The number of rotatable bonds is 6. The van der Waals surface area contributed by atoms with Crippen LogP contribution in [-0.2, 0) is 6.54 Å². The molecule has 1 unspecified atom stereocenters. The molecule has 0 aliphatic heterocycles. The van der Waals surface area contributed by atoms with E-state index in [4.69, 9.17) is 4.52 Å². The van der Waals surface area contributed by atoms with Gasteiger partial charge in [-0.3, -0.25) is 0 Å². The Labute approximate surface area is 112 Å². The molecular formula is C12H20N6O. The van der Waals surface area contributed by atoms with Crippen molar-refractivity contribution in [1.29, 1.82) is 0 Å². The molecule has 0 bridgehead atoms. The number of nitrogens with zero attached hydrogens (tertiary/aromatic N) is 5. The van der Waals surface area contributed by atoms with Gasteiger partial charge in [0, 0.05) is 24.6 Å². The lowest BCUT2D eigenvalue weighted by atomic mass is 10.1. The van der Waals surface area contributed by atoms with Crippen molar-refractivity contribution in [2.75, 3.05) is 13.6 Å². The Bertz CT molecular complexity index is 492. The molecule has 2 aromatic rings. The molecule has 19 heavy (non-hydrogen) atoms. The third-order valence-electron chi connectivity index (χ3n) is 3.05. The highest BCUT2D eigenvalue weighted by Gasteiger charge is 2.16. The minimum Gasteiger partial charge on any atom is -0.364 e. The van der Waals surface area contributed by atoms with Crippen molar-refractivity contribution >= 4 is 0 Å². The van der Waals surface area contributed by atoms with Crippen molar-refractivity contribution < 1.29 is 4.52 Å². The number of aromatic nitrogens is 5. The summed E-state index contributed by atoms with van der Waals surface area (Å²) in [6.07, 6.45) is 1.73. The van der Waals surface area contributed by atoms with Gasteiger partial charge >= 0.3 is 0 Å². The van der Waals surface area contributed by atoms with E-state index in [9.17, 15) is 0 Å². The van der Waals surface area contributed by atoms with E-state index in [-0.39, 0.29) is 5.92 Å². The van der Waals surface area contributed by atoms with Gasteiger partial charge in [0.2, 0.25) is 0 Å². The smallest absolute Gasteiger partial charge is 0.178 e. The van der Waals surface area contributed by atoms with Crippen molar-refractivity contribution in [2.45, 2.75) is 39.2 Å².